The van der Waals surface area contributed by atoms with Crippen molar-refractivity contribution in [1.29, 1.82) is 0 Å². The fourth-order valence-electron chi connectivity index (χ4n) is 1.72. The van der Waals surface area contributed by atoms with Gasteiger partial charge in [0.2, 0.25) is 0 Å². The molecule has 0 aromatic heterocycles. The number of nitrogens with one attached hydrogen (secondary N) is 1. The Morgan fingerprint density at radius 1 is 1.44 bits per heavy atom. The first-order chi connectivity index (χ1) is 8.43. The zero-order valence-electron chi connectivity index (χ0n) is 11.7. The average Bonchev–Trinajstić information content (AvgIpc) is 2.30. The van der Waals surface area contributed by atoms with Crippen LogP contribution in [0.15, 0.2) is 18.2 Å². The van der Waals surface area contributed by atoms with Gasteiger partial charge in [-0.1, -0.05) is 24.4 Å². The van der Waals surface area contributed by atoms with E-state index in [9.17, 15) is 0 Å². The lowest BCUT2D eigenvalue weighted by Gasteiger charge is -2.22. The van der Waals surface area contributed by atoms with Gasteiger partial charge in [-0.3, -0.25) is 0 Å². The van der Waals surface area contributed by atoms with Gasteiger partial charge in [0, 0.05) is 30.4 Å². The highest BCUT2D eigenvalue weighted by Crippen LogP contribution is 2.20. The maximum Gasteiger partial charge on any atom is 0.106 e. The van der Waals surface area contributed by atoms with Crippen LogP contribution in [-0.2, 0) is 0 Å². The molecule has 0 bridgehead atoms. The van der Waals surface area contributed by atoms with Crippen LogP contribution in [0.4, 0.5) is 5.69 Å². The first kappa shape index (κ1) is 14.9. The number of benzene rings is 1. The van der Waals surface area contributed by atoms with Gasteiger partial charge < -0.3 is 16.0 Å². The molecule has 100 valence electrons. The van der Waals surface area contributed by atoms with Crippen LogP contribution in [0, 0.1) is 6.92 Å². The average molecular weight is 265 g/mol. The standard InChI is InChI=1S/C14H23N3S/c1-10(2)17(4)9-8-16-13-11(3)6-5-7-12(13)14(15)18/h5-7,10,16H,8-9H2,1-4H3,(H2,15,18). The minimum atomic E-state index is 0.443. The highest BCUT2D eigenvalue weighted by molar-refractivity contribution is 7.80. The van der Waals surface area contributed by atoms with Crippen molar-refractivity contribution >= 4 is 22.9 Å². The number of nitrogens with two attached hydrogens (primary N) is 1. The van der Waals surface area contributed by atoms with Crippen molar-refractivity contribution in [3.05, 3.63) is 29.3 Å². The Bertz CT molecular complexity index is 416. The van der Waals surface area contributed by atoms with Gasteiger partial charge in [0.15, 0.2) is 0 Å². The summed E-state index contributed by atoms with van der Waals surface area (Å²) in [5, 5.41) is 3.44. The fraction of sp³-hybridized carbons (Fsp3) is 0.500. The summed E-state index contributed by atoms with van der Waals surface area (Å²) in [4.78, 5) is 2.74. The summed E-state index contributed by atoms with van der Waals surface area (Å²) in [6.07, 6.45) is 0. The second-order valence-electron chi connectivity index (χ2n) is 4.86. The minimum Gasteiger partial charge on any atom is -0.389 e. The van der Waals surface area contributed by atoms with Crippen molar-refractivity contribution in [1.82, 2.24) is 4.90 Å². The lowest BCUT2D eigenvalue weighted by Crippen LogP contribution is -2.31. The molecule has 0 unspecified atom stereocenters. The maximum atomic E-state index is 5.74. The van der Waals surface area contributed by atoms with Gasteiger partial charge in [-0.25, -0.2) is 0 Å². The Labute approximate surface area is 115 Å². The van der Waals surface area contributed by atoms with E-state index < -0.39 is 0 Å². The summed E-state index contributed by atoms with van der Waals surface area (Å²) in [7, 11) is 2.12. The van der Waals surface area contributed by atoms with Gasteiger partial charge in [0.25, 0.3) is 0 Å². The smallest absolute Gasteiger partial charge is 0.106 e. The second-order valence-corrected chi connectivity index (χ2v) is 5.30. The summed E-state index contributed by atoms with van der Waals surface area (Å²) in [5.41, 5.74) is 8.90. The van der Waals surface area contributed by atoms with Crippen molar-refractivity contribution < 1.29 is 0 Å². The van der Waals surface area contributed by atoms with E-state index in [0.717, 1.165) is 24.3 Å². The van der Waals surface area contributed by atoms with Gasteiger partial charge in [-0.2, -0.15) is 0 Å². The van der Waals surface area contributed by atoms with E-state index in [1.807, 2.05) is 12.1 Å². The number of nitrogens with zero attached hydrogens (tertiary/aromatic N) is 1. The quantitative estimate of drug-likeness (QED) is 0.775. The molecule has 0 atom stereocenters. The molecule has 1 aromatic carbocycles. The summed E-state index contributed by atoms with van der Waals surface area (Å²) in [6, 6.07) is 6.56. The van der Waals surface area contributed by atoms with E-state index in [1.54, 1.807) is 0 Å². The highest BCUT2D eigenvalue weighted by atomic mass is 32.1. The molecule has 1 aromatic rings. The monoisotopic (exact) mass is 265 g/mol. The Morgan fingerprint density at radius 2 is 2.11 bits per heavy atom. The van der Waals surface area contributed by atoms with Crippen LogP contribution in [0.2, 0.25) is 0 Å². The molecule has 3 N–H and O–H groups in total. The van der Waals surface area contributed by atoms with Crippen LogP contribution in [0.5, 0.6) is 0 Å². The molecule has 0 aliphatic rings. The van der Waals surface area contributed by atoms with Crippen LogP contribution < -0.4 is 11.1 Å². The van der Waals surface area contributed by atoms with Gasteiger partial charge >= 0.3 is 0 Å². The third kappa shape index (κ3) is 3.96. The van der Waals surface area contributed by atoms with E-state index in [4.69, 9.17) is 18.0 Å². The fourth-order valence-corrected chi connectivity index (χ4v) is 1.89. The molecule has 0 aliphatic heterocycles. The van der Waals surface area contributed by atoms with E-state index in [2.05, 4.69) is 44.1 Å². The lowest BCUT2D eigenvalue weighted by molar-refractivity contribution is 0.284. The van der Waals surface area contributed by atoms with E-state index in [-0.39, 0.29) is 0 Å². The molecule has 0 saturated heterocycles. The Morgan fingerprint density at radius 3 is 2.67 bits per heavy atom. The van der Waals surface area contributed by atoms with E-state index in [1.165, 1.54) is 5.56 Å². The number of hydrogen-bond donors (Lipinski definition) is 2. The first-order valence-electron chi connectivity index (χ1n) is 6.27. The normalized spacial score (nSPS) is 11.0. The van der Waals surface area contributed by atoms with E-state index >= 15 is 0 Å². The third-order valence-electron chi connectivity index (χ3n) is 3.19. The van der Waals surface area contributed by atoms with Crippen molar-refractivity contribution in [2.24, 2.45) is 5.73 Å². The van der Waals surface area contributed by atoms with Gasteiger partial charge in [-0.05, 0) is 39.4 Å². The minimum absolute atomic E-state index is 0.443. The lowest BCUT2D eigenvalue weighted by atomic mass is 10.1. The molecule has 4 heteroatoms. The van der Waals surface area contributed by atoms with Crippen LogP contribution in [0.3, 0.4) is 0 Å². The number of rotatable bonds is 6. The van der Waals surface area contributed by atoms with Crippen molar-refractivity contribution in [2.75, 3.05) is 25.5 Å². The molecule has 0 aliphatic carbocycles. The van der Waals surface area contributed by atoms with Crippen molar-refractivity contribution in [3.63, 3.8) is 0 Å². The molecule has 18 heavy (non-hydrogen) atoms. The van der Waals surface area contributed by atoms with Crippen molar-refractivity contribution in [3.8, 4) is 0 Å². The molecule has 0 saturated carbocycles. The molecule has 0 amide bonds. The molecule has 0 fully saturated rings. The largest absolute Gasteiger partial charge is 0.389 e. The topological polar surface area (TPSA) is 41.3 Å². The van der Waals surface area contributed by atoms with Crippen molar-refractivity contribution in [2.45, 2.75) is 26.8 Å². The number of para-hydroxylation sites is 1. The number of hydrogen-bond acceptors (Lipinski definition) is 3. The number of aryl methyl sites for hydroxylation is 1. The first-order valence-corrected chi connectivity index (χ1v) is 6.67. The zero-order chi connectivity index (χ0) is 13.7. The third-order valence-corrected chi connectivity index (χ3v) is 3.41. The van der Waals surface area contributed by atoms with Gasteiger partial charge in [-0.15, -0.1) is 0 Å². The second kappa shape index (κ2) is 6.71. The number of anilines is 1. The molecule has 1 rings (SSSR count). The predicted octanol–water partition coefficient (Wildman–Crippen LogP) is 2.38. The summed E-state index contributed by atoms with van der Waals surface area (Å²) < 4.78 is 0. The van der Waals surface area contributed by atoms with Crippen LogP contribution >= 0.6 is 12.2 Å². The Balaban J connectivity index is 2.70. The molecule has 3 nitrogen and oxygen atoms in total. The summed E-state index contributed by atoms with van der Waals surface area (Å²) >= 11 is 5.08. The predicted molar refractivity (Wildman–Crippen MR) is 83.3 cm³/mol. The Hall–Kier alpha value is -1.13. The summed E-state index contributed by atoms with van der Waals surface area (Å²) in [6.45, 7) is 8.32. The summed E-state index contributed by atoms with van der Waals surface area (Å²) in [5.74, 6) is 0. The van der Waals surface area contributed by atoms with E-state index in [0.29, 0.717) is 11.0 Å². The molecule has 0 spiro atoms. The molecule has 0 heterocycles. The van der Waals surface area contributed by atoms with Gasteiger partial charge in [0.1, 0.15) is 4.99 Å². The zero-order valence-corrected chi connectivity index (χ0v) is 12.5. The Kier molecular flexibility index (Phi) is 5.56. The number of thiocarbonyl (C=S) groups is 1. The van der Waals surface area contributed by atoms with Crippen LogP contribution in [0.25, 0.3) is 0 Å². The van der Waals surface area contributed by atoms with Crippen LogP contribution in [-0.4, -0.2) is 36.1 Å². The molecular formula is C14H23N3S. The highest BCUT2D eigenvalue weighted by Gasteiger charge is 2.08. The van der Waals surface area contributed by atoms with Crippen LogP contribution in [0.1, 0.15) is 25.0 Å². The SMILES string of the molecule is Cc1cccc(C(N)=S)c1NCCN(C)C(C)C. The number of likely N-dealkylation sites (N-methyl/N-ethyl adjacent to an activating group) is 1. The maximum absolute atomic E-state index is 5.74. The molecule has 0 radical (unpaired) electrons. The molecular weight excluding hydrogens is 242 g/mol. The van der Waals surface area contributed by atoms with Gasteiger partial charge in [0.05, 0.1) is 0 Å².